The number of fused-ring (bicyclic) bond motifs is 2. The maximum absolute atomic E-state index is 12.7. The van der Waals surface area contributed by atoms with Crippen molar-refractivity contribution in [1.29, 1.82) is 0 Å². The molecule has 2 aromatic carbocycles. The van der Waals surface area contributed by atoms with E-state index in [2.05, 4.69) is 0 Å². The summed E-state index contributed by atoms with van der Waals surface area (Å²) in [4.78, 5) is 11.7. The molecule has 1 heterocycles. The Balaban J connectivity index is 2.00. The minimum absolute atomic E-state index is 0.0170. The zero-order valence-electron chi connectivity index (χ0n) is 10.5. The van der Waals surface area contributed by atoms with Crippen molar-refractivity contribution in [3.05, 3.63) is 63.2 Å². The molecule has 0 saturated carbocycles. The van der Waals surface area contributed by atoms with Crippen molar-refractivity contribution >= 4 is 17.4 Å². The molecule has 1 aliphatic heterocycles. The van der Waals surface area contributed by atoms with Crippen LogP contribution in [0.4, 0.5) is 18.9 Å². The van der Waals surface area contributed by atoms with Gasteiger partial charge in [-0.15, -0.1) is 0 Å². The third-order valence-corrected chi connectivity index (χ3v) is 4.47. The molecule has 7 heteroatoms. The van der Waals surface area contributed by atoms with Crippen LogP contribution in [0.5, 0.6) is 0 Å². The van der Waals surface area contributed by atoms with Gasteiger partial charge in [0.2, 0.25) is 0 Å². The average Bonchev–Trinajstić information content (AvgIpc) is 2.42. The highest BCUT2D eigenvalue weighted by Gasteiger charge is 2.31. The first-order valence-electron chi connectivity index (χ1n) is 6.00. The average molecular weight is 311 g/mol. The van der Waals surface area contributed by atoms with E-state index in [4.69, 9.17) is 0 Å². The van der Waals surface area contributed by atoms with Crippen molar-refractivity contribution in [3.8, 4) is 0 Å². The summed E-state index contributed by atoms with van der Waals surface area (Å²) in [5, 5.41) is 10.8. The number of nitro benzene ring substituents is 1. The molecule has 0 bridgehead atoms. The third kappa shape index (κ3) is 2.61. The minimum atomic E-state index is -4.37. The third-order valence-electron chi connectivity index (χ3n) is 3.25. The van der Waals surface area contributed by atoms with E-state index in [0.29, 0.717) is 16.9 Å². The van der Waals surface area contributed by atoms with Crippen LogP contribution < -0.4 is 0 Å². The maximum atomic E-state index is 12.7. The Morgan fingerprint density at radius 3 is 2.48 bits per heavy atom. The van der Waals surface area contributed by atoms with Crippen molar-refractivity contribution in [2.75, 3.05) is 0 Å². The number of alkyl halides is 3. The van der Waals surface area contributed by atoms with E-state index in [1.807, 2.05) is 0 Å². The topological polar surface area (TPSA) is 43.1 Å². The molecule has 2 aromatic rings. The highest BCUT2D eigenvalue weighted by molar-refractivity contribution is 7.99. The van der Waals surface area contributed by atoms with Gasteiger partial charge in [-0.3, -0.25) is 10.1 Å². The molecule has 0 saturated heterocycles. The number of halogens is 3. The molecule has 0 N–H and O–H groups in total. The maximum Gasteiger partial charge on any atom is 0.416 e. The van der Waals surface area contributed by atoms with E-state index in [0.717, 1.165) is 22.6 Å². The molecule has 3 rings (SSSR count). The Labute approximate surface area is 121 Å². The minimum Gasteiger partial charge on any atom is -0.258 e. The summed E-state index contributed by atoms with van der Waals surface area (Å²) in [7, 11) is 0. The first kappa shape index (κ1) is 13.9. The monoisotopic (exact) mass is 311 g/mol. The second kappa shape index (κ2) is 4.77. The number of benzene rings is 2. The lowest BCUT2D eigenvalue weighted by molar-refractivity contribution is -0.385. The Kier molecular flexibility index (Phi) is 3.16. The van der Waals surface area contributed by atoms with Gasteiger partial charge in [0.05, 0.1) is 10.5 Å². The zero-order chi connectivity index (χ0) is 15.2. The van der Waals surface area contributed by atoms with Crippen LogP contribution in [-0.2, 0) is 12.6 Å². The highest BCUT2D eigenvalue weighted by atomic mass is 32.2. The van der Waals surface area contributed by atoms with Crippen LogP contribution in [0.1, 0.15) is 16.7 Å². The van der Waals surface area contributed by atoms with E-state index in [-0.39, 0.29) is 5.69 Å². The standard InChI is InChI=1S/C14H8F3NO2S/c15-14(16,17)10-2-4-12-9(6-10)5-8-1-3-11(18(19)20)7-13(8)21-12/h1-4,6-7H,5H2. The van der Waals surface area contributed by atoms with Gasteiger partial charge in [-0.25, -0.2) is 0 Å². The predicted octanol–water partition coefficient (Wildman–Crippen LogP) is 4.67. The Bertz CT molecular complexity index is 743. The summed E-state index contributed by atoms with van der Waals surface area (Å²) in [5.41, 5.74) is 0.706. The normalized spacial score (nSPS) is 13.5. The molecular formula is C14H8F3NO2S. The molecule has 108 valence electrons. The Morgan fingerprint density at radius 1 is 1.05 bits per heavy atom. The molecule has 0 aromatic heterocycles. The fraction of sp³-hybridized carbons (Fsp3) is 0.143. The van der Waals surface area contributed by atoms with Gasteiger partial charge in [-0.1, -0.05) is 17.8 Å². The van der Waals surface area contributed by atoms with Crippen LogP contribution in [0.3, 0.4) is 0 Å². The van der Waals surface area contributed by atoms with Gasteiger partial charge in [0.1, 0.15) is 0 Å². The summed E-state index contributed by atoms with van der Waals surface area (Å²) in [5.74, 6) is 0. The number of non-ortho nitro benzene ring substituents is 1. The molecule has 3 nitrogen and oxygen atoms in total. The van der Waals surface area contributed by atoms with Gasteiger partial charge < -0.3 is 0 Å². The fourth-order valence-electron chi connectivity index (χ4n) is 2.21. The summed E-state index contributed by atoms with van der Waals surface area (Å²) < 4.78 is 38.1. The number of nitro groups is 1. The molecule has 0 fully saturated rings. The first-order chi connectivity index (χ1) is 9.84. The smallest absolute Gasteiger partial charge is 0.258 e. The quantitative estimate of drug-likeness (QED) is 0.484. The Hall–Kier alpha value is -2.02. The molecule has 0 atom stereocenters. The summed E-state index contributed by atoms with van der Waals surface area (Å²) >= 11 is 1.26. The fourth-order valence-corrected chi connectivity index (χ4v) is 3.30. The lowest BCUT2D eigenvalue weighted by Crippen LogP contribution is -2.08. The van der Waals surface area contributed by atoms with E-state index in [1.54, 1.807) is 6.07 Å². The molecule has 0 aliphatic carbocycles. The predicted molar refractivity (Wildman–Crippen MR) is 71.5 cm³/mol. The van der Waals surface area contributed by atoms with Gasteiger partial charge in [-0.2, -0.15) is 13.2 Å². The van der Waals surface area contributed by atoms with Gasteiger partial charge in [0, 0.05) is 21.9 Å². The van der Waals surface area contributed by atoms with Crippen molar-refractivity contribution in [2.45, 2.75) is 22.4 Å². The van der Waals surface area contributed by atoms with Crippen LogP contribution in [0.25, 0.3) is 0 Å². The summed E-state index contributed by atoms with van der Waals surface area (Å²) in [6.07, 6.45) is -4.02. The molecule has 0 amide bonds. The van der Waals surface area contributed by atoms with Gasteiger partial charge in [-0.05, 0) is 35.7 Å². The second-order valence-electron chi connectivity index (χ2n) is 4.65. The van der Waals surface area contributed by atoms with Crippen molar-refractivity contribution in [1.82, 2.24) is 0 Å². The van der Waals surface area contributed by atoms with Crippen LogP contribution in [0.15, 0.2) is 46.2 Å². The number of hydrogen-bond donors (Lipinski definition) is 0. The van der Waals surface area contributed by atoms with E-state index in [1.165, 1.54) is 30.0 Å². The summed E-state index contributed by atoms with van der Waals surface area (Å²) in [6, 6.07) is 8.04. The molecule has 21 heavy (non-hydrogen) atoms. The van der Waals surface area contributed by atoms with Gasteiger partial charge >= 0.3 is 6.18 Å². The van der Waals surface area contributed by atoms with Crippen molar-refractivity contribution in [2.24, 2.45) is 0 Å². The van der Waals surface area contributed by atoms with E-state index in [9.17, 15) is 23.3 Å². The largest absolute Gasteiger partial charge is 0.416 e. The Morgan fingerprint density at radius 2 is 1.81 bits per heavy atom. The molecule has 0 spiro atoms. The van der Waals surface area contributed by atoms with E-state index < -0.39 is 16.7 Å². The van der Waals surface area contributed by atoms with Gasteiger partial charge in [0.25, 0.3) is 5.69 Å². The van der Waals surface area contributed by atoms with E-state index >= 15 is 0 Å². The van der Waals surface area contributed by atoms with Crippen molar-refractivity contribution in [3.63, 3.8) is 0 Å². The number of hydrogen-bond acceptors (Lipinski definition) is 3. The van der Waals surface area contributed by atoms with Gasteiger partial charge in [0.15, 0.2) is 0 Å². The van der Waals surface area contributed by atoms with Crippen LogP contribution in [0, 0.1) is 10.1 Å². The number of nitrogens with zero attached hydrogens (tertiary/aromatic N) is 1. The SMILES string of the molecule is O=[N+]([O-])c1ccc2c(c1)Sc1ccc(C(F)(F)F)cc1C2. The molecule has 1 aliphatic rings. The molecular weight excluding hydrogens is 303 g/mol. The second-order valence-corrected chi connectivity index (χ2v) is 5.73. The highest BCUT2D eigenvalue weighted by Crippen LogP contribution is 2.42. The first-order valence-corrected chi connectivity index (χ1v) is 6.81. The lowest BCUT2D eigenvalue weighted by atomic mass is 10.0. The summed E-state index contributed by atoms with van der Waals surface area (Å²) in [6.45, 7) is 0. The van der Waals surface area contributed by atoms with Crippen LogP contribution in [0.2, 0.25) is 0 Å². The van der Waals surface area contributed by atoms with Crippen molar-refractivity contribution < 1.29 is 18.1 Å². The molecule has 0 radical (unpaired) electrons. The van der Waals surface area contributed by atoms with Crippen LogP contribution in [-0.4, -0.2) is 4.92 Å². The zero-order valence-corrected chi connectivity index (χ0v) is 11.3. The molecule has 0 unspecified atom stereocenters. The van der Waals surface area contributed by atoms with Crippen LogP contribution >= 0.6 is 11.8 Å². The lowest BCUT2D eigenvalue weighted by Gasteiger charge is -2.20. The number of rotatable bonds is 1.